The van der Waals surface area contributed by atoms with Crippen LogP contribution in [-0.4, -0.2) is 24.7 Å². The molecular formula is C19H19NO4. The molecule has 0 saturated carbocycles. The van der Waals surface area contributed by atoms with Crippen LogP contribution >= 0.6 is 0 Å². The molecule has 5 heteroatoms. The maximum absolute atomic E-state index is 12.3. The van der Waals surface area contributed by atoms with Gasteiger partial charge in [0.05, 0.1) is 32.4 Å². The summed E-state index contributed by atoms with van der Waals surface area (Å²) >= 11 is 0. The summed E-state index contributed by atoms with van der Waals surface area (Å²) in [7, 11) is 1.59. The van der Waals surface area contributed by atoms with Gasteiger partial charge in [0, 0.05) is 17.0 Å². The molecule has 1 atom stereocenters. The number of ether oxygens (including phenoxy) is 1. The fourth-order valence-electron chi connectivity index (χ4n) is 2.67. The van der Waals surface area contributed by atoms with E-state index in [1.165, 1.54) is 0 Å². The summed E-state index contributed by atoms with van der Waals surface area (Å²) in [6.45, 7) is -0.154. The van der Waals surface area contributed by atoms with Crippen LogP contribution in [0.5, 0.6) is 5.75 Å². The fourth-order valence-corrected chi connectivity index (χ4v) is 2.67. The number of fused-ring (bicyclic) bond motifs is 1. The van der Waals surface area contributed by atoms with Gasteiger partial charge in [-0.15, -0.1) is 0 Å². The minimum absolute atomic E-state index is 0.154. The van der Waals surface area contributed by atoms with E-state index in [1.54, 1.807) is 19.4 Å². The Morgan fingerprint density at radius 2 is 2.04 bits per heavy atom. The molecule has 0 aliphatic rings. The normalized spacial score (nSPS) is 12.1. The molecule has 1 heterocycles. The molecule has 24 heavy (non-hydrogen) atoms. The summed E-state index contributed by atoms with van der Waals surface area (Å²) in [5.41, 5.74) is 2.35. The minimum atomic E-state index is -0.419. The van der Waals surface area contributed by atoms with Crippen molar-refractivity contribution in [2.24, 2.45) is 0 Å². The third kappa shape index (κ3) is 3.41. The Kier molecular flexibility index (Phi) is 4.82. The van der Waals surface area contributed by atoms with E-state index in [1.807, 2.05) is 42.5 Å². The van der Waals surface area contributed by atoms with Gasteiger partial charge in [0.15, 0.2) is 0 Å². The monoisotopic (exact) mass is 325 g/mol. The number of hydrogen-bond donors (Lipinski definition) is 2. The van der Waals surface area contributed by atoms with E-state index < -0.39 is 6.04 Å². The number of aliphatic hydroxyl groups is 1. The Hall–Kier alpha value is -2.79. The predicted octanol–water partition coefficient (Wildman–Crippen LogP) is 2.83. The third-order valence-electron chi connectivity index (χ3n) is 3.93. The van der Waals surface area contributed by atoms with Crippen molar-refractivity contribution in [1.29, 1.82) is 0 Å². The van der Waals surface area contributed by atoms with E-state index in [0.717, 1.165) is 16.5 Å². The van der Waals surface area contributed by atoms with Crippen LogP contribution in [0.1, 0.15) is 17.2 Å². The van der Waals surface area contributed by atoms with Crippen molar-refractivity contribution in [3.63, 3.8) is 0 Å². The molecule has 0 aliphatic heterocycles. The van der Waals surface area contributed by atoms with E-state index in [0.29, 0.717) is 11.3 Å². The number of carbonyl (C=O) groups excluding carboxylic acids is 1. The smallest absolute Gasteiger partial charge is 0.225 e. The number of nitrogens with one attached hydrogen (secondary N) is 1. The van der Waals surface area contributed by atoms with Crippen molar-refractivity contribution >= 4 is 16.9 Å². The quantitative estimate of drug-likeness (QED) is 0.731. The van der Waals surface area contributed by atoms with Crippen molar-refractivity contribution in [2.45, 2.75) is 12.5 Å². The van der Waals surface area contributed by atoms with Crippen LogP contribution < -0.4 is 10.1 Å². The van der Waals surface area contributed by atoms with Crippen molar-refractivity contribution < 1.29 is 19.1 Å². The lowest BCUT2D eigenvalue weighted by atomic mass is 10.1. The lowest BCUT2D eigenvalue weighted by molar-refractivity contribution is -0.121. The lowest BCUT2D eigenvalue weighted by Crippen LogP contribution is -2.31. The molecule has 124 valence electrons. The highest BCUT2D eigenvalue weighted by molar-refractivity contribution is 5.88. The maximum Gasteiger partial charge on any atom is 0.225 e. The Morgan fingerprint density at radius 1 is 1.25 bits per heavy atom. The molecule has 5 nitrogen and oxygen atoms in total. The van der Waals surface area contributed by atoms with Gasteiger partial charge in [0.25, 0.3) is 0 Å². The average Bonchev–Trinajstić information content (AvgIpc) is 3.02. The number of benzene rings is 2. The van der Waals surface area contributed by atoms with E-state index in [2.05, 4.69) is 5.32 Å². The highest BCUT2D eigenvalue weighted by atomic mass is 16.5. The lowest BCUT2D eigenvalue weighted by Gasteiger charge is -2.16. The summed E-state index contributed by atoms with van der Waals surface area (Å²) < 4.78 is 10.7. The van der Waals surface area contributed by atoms with E-state index >= 15 is 0 Å². The van der Waals surface area contributed by atoms with E-state index in [9.17, 15) is 9.90 Å². The first-order valence-corrected chi connectivity index (χ1v) is 7.70. The van der Waals surface area contributed by atoms with Crippen molar-refractivity contribution in [3.05, 3.63) is 65.9 Å². The molecule has 0 fully saturated rings. The molecule has 2 aromatic carbocycles. The van der Waals surface area contributed by atoms with Crippen LogP contribution in [0.3, 0.4) is 0 Å². The van der Waals surface area contributed by atoms with Gasteiger partial charge in [-0.25, -0.2) is 0 Å². The first-order valence-electron chi connectivity index (χ1n) is 7.70. The van der Waals surface area contributed by atoms with Gasteiger partial charge in [-0.3, -0.25) is 4.79 Å². The van der Waals surface area contributed by atoms with Crippen molar-refractivity contribution in [2.75, 3.05) is 13.7 Å². The minimum Gasteiger partial charge on any atom is -0.497 e. The molecule has 1 aromatic heterocycles. The largest absolute Gasteiger partial charge is 0.497 e. The summed E-state index contributed by atoms with van der Waals surface area (Å²) in [5, 5.41) is 13.3. The summed E-state index contributed by atoms with van der Waals surface area (Å²) in [5.74, 6) is 0.536. The average molecular weight is 325 g/mol. The van der Waals surface area contributed by atoms with Crippen LogP contribution in [-0.2, 0) is 11.2 Å². The molecule has 3 rings (SSSR count). The first kappa shape index (κ1) is 16.1. The molecule has 0 spiro atoms. The molecule has 0 aliphatic carbocycles. The Labute approximate surface area is 139 Å². The van der Waals surface area contributed by atoms with Crippen LogP contribution in [0, 0.1) is 0 Å². The topological polar surface area (TPSA) is 71.7 Å². The molecule has 0 bridgehead atoms. The second kappa shape index (κ2) is 7.19. The number of amides is 1. The van der Waals surface area contributed by atoms with Crippen LogP contribution in [0.2, 0.25) is 0 Å². The van der Waals surface area contributed by atoms with Gasteiger partial charge < -0.3 is 19.6 Å². The third-order valence-corrected chi connectivity index (χ3v) is 3.93. The van der Waals surface area contributed by atoms with Gasteiger partial charge in [-0.05, 0) is 17.7 Å². The van der Waals surface area contributed by atoms with E-state index in [-0.39, 0.29) is 18.9 Å². The van der Waals surface area contributed by atoms with Gasteiger partial charge in [0.2, 0.25) is 5.91 Å². The standard InChI is InChI=1S/C19H19NO4/c1-23-15-7-8-16-14(12-24-18(16)10-15)9-19(22)20-17(11-21)13-5-3-2-4-6-13/h2-8,10,12,17,21H,9,11H2,1H3,(H,20,22)/t17-/m1/s1. The van der Waals surface area contributed by atoms with Crippen LogP contribution in [0.4, 0.5) is 0 Å². The van der Waals surface area contributed by atoms with Crippen molar-refractivity contribution in [3.8, 4) is 5.75 Å². The Balaban J connectivity index is 1.73. The van der Waals surface area contributed by atoms with Gasteiger partial charge >= 0.3 is 0 Å². The molecule has 2 N–H and O–H groups in total. The Morgan fingerprint density at radius 3 is 2.75 bits per heavy atom. The number of methoxy groups -OCH3 is 1. The molecule has 0 unspecified atom stereocenters. The number of rotatable bonds is 6. The maximum atomic E-state index is 12.3. The molecule has 0 radical (unpaired) electrons. The van der Waals surface area contributed by atoms with Gasteiger partial charge in [0.1, 0.15) is 11.3 Å². The SMILES string of the molecule is COc1ccc2c(CC(=O)N[C@H](CO)c3ccccc3)coc2c1. The molecule has 0 saturated heterocycles. The van der Waals surface area contributed by atoms with Crippen LogP contribution in [0.15, 0.2) is 59.2 Å². The zero-order chi connectivity index (χ0) is 16.9. The first-order chi connectivity index (χ1) is 11.7. The molecule has 3 aromatic rings. The Bertz CT molecular complexity index is 826. The summed E-state index contributed by atoms with van der Waals surface area (Å²) in [6, 6.07) is 14.5. The van der Waals surface area contributed by atoms with E-state index in [4.69, 9.17) is 9.15 Å². The van der Waals surface area contributed by atoms with Crippen LogP contribution in [0.25, 0.3) is 11.0 Å². The zero-order valence-corrected chi connectivity index (χ0v) is 13.4. The second-order valence-electron chi connectivity index (χ2n) is 5.51. The number of furan rings is 1. The number of aliphatic hydroxyl groups excluding tert-OH is 1. The van der Waals surface area contributed by atoms with Gasteiger partial charge in [-0.2, -0.15) is 0 Å². The summed E-state index contributed by atoms with van der Waals surface area (Å²) in [6.07, 6.45) is 1.77. The zero-order valence-electron chi connectivity index (χ0n) is 13.4. The summed E-state index contributed by atoms with van der Waals surface area (Å²) in [4.78, 5) is 12.3. The highest BCUT2D eigenvalue weighted by Crippen LogP contribution is 2.26. The number of carbonyl (C=O) groups is 1. The predicted molar refractivity (Wildman–Crippen MR) is 90.9 cm³/mol. The van der Waals surface area contributed by atoms with Gasteiger partial charge in [-0.1, -0.05) is 30.3 Å². The molecule has 1 amide bonds. The number of hydrogen-bond acceptors (Lipinski definition) is 4. The van der Waals surface area contributed by atoms with Crippen molar-refractivity contribution in [1.82, 2.24) is 5.32 Å². The second-order valence-corrected chi connectivity index (χ2v) is 5.51. The highest BCUT2D eigenvalue weighted by Gasteiger charge is 2.16. The molecular weight excluding hydrogens is 306 g/mol. The fraction of sp³-hybridized carbons (Fsp3) is 0.211.